The highest BCUT2D eigenvalue weighted by Crippen LogP contribution is 2.36. The number of carbonyl (C=O) groups excluding carboxylic acids is 1. The Morgan fingerprint density at radius 3 is 2.55 bits per heavy atom. The van der Waals surface area contributed by atoms with E-state index in [4.69, 9.17) is 39.0 Å². The van der Waals surface area contributed by atoms with Gasteiger partial charge in [0.15, 0.2) is 5.82 Å². The number of carbonyl (C=O) groups is 1. The number of nitrogens with two attached hydrogens (primary N) is 1. The molecular weight excluding hydrogens is 473 g/mol. The third kappa shape index (κ3) is 4.40. The van der Waals surface area contributed by atoms with Gasteiger partial charge in [0.25, 0.3) is 5.91 Å². The molecule has 1 aliphatic carbocycles. The number of likely N-dealkylation sites (tertiary alicyclic amines) is 1. The Bertz CT molecular complexity index is 1550. The summed E-state index contributed by atoms with van der Waals surface area (Å²) in [7, 11) is 18.9. The fraction of sp³-hybridized carbons (Fsp3) is 0.444. The van der Waals surface area contributed by atoms with Gasteiger partial charge in [-0.05, 0) is 67.2 Å². The van der Waals surface area contributed by atoms with Crippen LogP contribution >= 0.6 is 0 Å². The molecule has 4 aromatic rings. The Morgan fingerprint density at radius 2 is 1.89 bits per heavy atom. The summed E-state index contributed by atoms with van der Waals surface area (Å²) in [5.41, 5.74) is 10.3. The van der Waals surface area contributed by atoms with Crippen LogP contribution in [0.15, 0.2) is 36.4 Å². The van der Waals surface area contributed by atoms with E-state index in [1.54, 1.807) is 6.07 Å². The lowest BCUT2D eigenvalue weighted by Gasteiger charge is -2.23. The molecule has 1 saturated heterocycles. The predicted octanol–water partition coefficient (Wildman–Crippen LogP) is 2.30. The van der Waals surface area contributed by atoms with Crippen LogP contribution in [-0.2, 0) is 13.6 Å². The normalized spacial score (nSPS) is 22.0. The molecule has 2 N–H and O–H groups in total. The summed E-state index contributed by atoms with van der Waals surface area (Å²) in [4.78, 5) is 24.9. The number of aryl methyl sites for hydroxylation is 1. The highest BCUT2D eigenvalue weighted by molar-refractivity contribution is 6.58. The minimum absolute atomic E-state index is 0.00466. The third-order valence-corrected chi connectivity index (χ3v) is 7.95. The summed E-state index contributed by atoms with van der Waals surface area (Å²) < 4.78 is 9.64. The molecular formula is C27H29B3N6O2. The number of hydrogen-bond acceptors (Lipinski definition) is 5. The molecule has 1 aromatic carbocycles. The maximum absolute atomic E-state index is 13.4. The van der Waals surface area contributed by atoms with E-state index in [1.807, 2.05) is 43.1 Å². The second kappa shape index (κ2) is 8.94. The summed E-state index contributed by atoms with van der Waals surface area (Å²) in [6.45, 7) is 5.58. The third-order valence-electron chi connectivity index (χ3n) is 7.95. The van der Waals surface area contributed by atoms with Crippen molar-refractivity contribution < 1.29 is 9.53 Å². The monoisotopic (exact) mass is 502 g/mol. The largest absolute Gasteiger partial charge is 0.501 e. The van der Waals surface area contributed by atoms with Gasteiger partial charge in [-0.25, -0.2) is 4.98 Å². The number of ether oxygens (including phenoxy) is 1. The van der Waals surface area contributed by atoms with Crippen LogP contribution in [0.1, 0.15) is 37.0 Å². The zero-order chi connectivity index (χ0) is 26.9. The van der Waals surface area contributed by atoms with Gasteiger partial charge in [-0.2, -0.15) is 4.98 Å². The number of aromatic nitrogens is 4. The molecule has 0 unspecified atom stereocenters. The molecule has 1 aliphatic heterocycles. The van der Waals surface area contributed by atoms with Crippen molar-refractivity contribution in [3.8, 4) is 17.4 Å². The fourth-order valence-corrected chi connectivity index (χ4v) is 5.55. The van der Waals surface area contributed by atoms with E-state index >= 15 is 0 Å². The summed E-state index contributed by atoms with van der Waals surface area (Å²) in [6.07, 6.45) is 2.36. The Morgan fingerprint density at radius 1 is 1.13 bits per heavy atom. The lowest BCUT2D eigenvalue weighted by atomic mass is 9.52. The molecule has 4 heterocycles. The van der Waals surface area contributed by atoms with Crippen LogP contribution < -0.4 is 10.5 Å². The first-order valence-corrected chi connectivity index (χ1v) is 13.1. The number of pyridine rings is 1. The number of amides is 1. The fourth-order valence-electron chi connectivity index (χ4n) is 5.55. The first-order valence-electron chi connectivity index (χ1n) is 13.1. The van der Waals surface area contributed by atoms with Crippen molar-refractivity contribution in [1.82, 2.24) is 24.0 Å². The van der Waals surface area contributed by atoms with E-state index < -0.39 is 5.30 Å². The number of rotatable bonds is 6. The van der Waals surface area contributed by atoms with Gasteiger partial charge in [0.05, 0.1) is 16.7 Å². The van der Waals surface area contributed by atoms with Crippen molar-refractivity contribution >= 4 is 51.5 Å². The highest BCUT2D eigenvalue weighted by Gasteiger charge is 2.37. The van der Waals surface area contributed by atoms with Gasteiger partial charge in [0.2, 0.25) is 5.88 Å². The summed E-state index contributed by atoms with van der Waals surface area (Å²) >= 11 is 0. The van der Waals surface area contributed by atoms with Gasteiger partial charge in [0, 0.05) is 49.2 Å². The number of hydrogen-bond donors (Lipinski definition) is 1. The van der Waals surface area contributed by atoms with E-state index in [-0.39, 0.29) is 29.8 Å². The van der Waals surface area contributed by atoms with Crippen molar-refractivity contribution in [3.63, 3.8) is 0 Å². The molecule has 3 atom stereocenters. The van der Waals surface area contributed by atoms with Crippen LogP contribution in [0.2, 0.25) is 0 Å². The maximum atomic E-state index is 13.4. The van der Waals surface area contributed by atoms with E-state index in [0.29, 0.717) is 18.0 Å². The van der Waals surface area contributed by atoms with Crippen molar-refractivity contribution in [2.45, 2.75) is 50.6 Å². The molecule has 0 bridgehead atoms. The molecule has 2 fully saturated rings. The molecule has 8 nitrogen and oxygen atoms in total. The van der Waals surface area contributed by atoms with Crippen molar-refractivity contribution in [3.05, 3.63) is 42.0 Å². The first kappa shape index (κ1) is 25.1. The summed E-state index contributed by atoms with van der Waals surface area (Å²) in [5.74, 6) is 1.89. The minimum Gasteiger partial charge on any atom is -0.501 e. The number of benzene rings is 1. The Labute approximate surface area is 226 Å². The molecule has 6 rings (SSSR count). The Kier molecular flexibility index (Phi) is 5.90. The zero-order valence-electron chi connectivity index (χ0n) is 22.0. The van der Waals surface area contributed by atoms with Crippen LogP contribution in [0.5, 0.6) is 5.88 Å². The SMILES string of the molecule is [B]C([B])([B])Oc1ccc2cc(-c3nc4cc(C(=O)N5C[C@@H](C)[C@@H](N)[C@H]5C)ccc4n3C)n(CC3CC3)c2n1. The van der Waals surface area contributed by atoms with Gasteiger partial charge in [-0.15, -0.1) is 0 Å². The van der Waals surface area contributed by atoms with Crippen molar-refractivity contribution in [1.29, 1.82) is 0 Å². The lowest BCUT2D eigenvalue weighted by molar-refractivity contribution is 0.0740. The Hall–Kier alpha value is -3.20. The topological polar surface area (TPSA) is 91.2 Å². The number of fused-ring (bicyclic) bond motifs is 2. The first-order chi connectivity index (χ1) is 18.0. The van der Waals surface area contributed by atoms with Crippen LogP contribution in [0.4, 0.5) is 0 Å². The number of imidazole rings is 1. The Balaban J connectivity index is 1.41. The molecule has 1 saturated carbocycles. The zero-order valence-corrected chi connectivity index (χ0v) is 22.0. The molecule has 188 valence electrons. The maximum Gasteiger partial charge on any atom is 0.254 e. The minimum atomic E-state index is -1.82. The molecule has 6 radical (unpaired) electrons. The van der Waals surface area contributed by atoms with Crippen LogP contribution in [0, 0.1) is 11.8 Å². The van der Waals surface area contributed by atoms with Crippen LogP contribution in [0.3, 0.4) is 0 Å². The molecule has 11 heteroatoms. The van der Waals surface area contributed by atoms with Gasteiger partial charge < -0.3 is 24.5 Å². The van der Waals surface area contributed by atoms with Gasteiger partial charge in [0.1, 0.15) is 29.2 Å². The van der Waals surface area contributed by atoms with Crippen LogP contribution in [-0.4, -0.2) is 77.4 Å². The molecule has 1 amide bonds. The van der Waals surface area contributed by atoms with Crippen molar-refractivity contribution in [2.24, 2.45) is 24.6 Å². The van der Waals surface area contributed by atoms with Gasteiger partial charge in [-0.1, -0.05) is 6.92 Å². The summed E-state index contributed by atoms with van der Waals surface area (Å²) in [5, 5.41) is -0.874. The molecule has 2 aliphatic rings. The predicted molar refractivity (Wildman–Crippen MR) is 150 cm³/mol. The quantitative estimate of drug-likeness (QED) is 0.409. The standard InChI is InChI=1S/C27H29B3N6O2/c1-14-12-35(15(2)23(14)31)26(37)18-6-8-20-19(10-18)32-25(34(20)3)21-11-17-7-9-22(38-27(28,29)30)33-24(17)36(21)13-16-4-5-16/h6-11,14-16,23H,4-5,12-13,31H2,1-3H3/t14-,15-,23-/m1/s1. The molecule has 3 aromatic heterocycles. The van der Waals surface area contributed by atoms with E-state index in [9.17, 15) is 4.79 Å². The average molecular weight is 502 g/mol. The smallest absolute Gasteiger partial charge is 0.254 e. The summed E-state index contributed by atoms with van der Waals surface area (Å²) in [6, 6.07) is 11.4. The number of nitrogens with zero attached hydrogens (tertiary/aromatic N) is 5. The van der Waals surface area contributed by atoms with Crippen LogP contribution in [0.25, 0.3) is 33.6 Å². The highest BCUT2D eigenvalue weighted by atomic mass is 16.5. The van der Waals surface area contributed by atoms with Crippen molar-refractivity contribution in [2.75, 3.05) is 6.54 Å². The molecule has 0 spiro atoms. The lowest BCUT2D eigenvalue weighted by Crippen LogP contribution is -2.40. The van der Waals surface area contributed by atoms with E-state index in [2.05, 4.69) is 27.1 Å². The molecule has 38 heavy (non-hydrogen) atoms. The van der Waals surface area contributed by atoms with Gasteiger partial charge >= 0.3 is 0 Å². The van der Waals surface area contributed by atoms with E-state index in [1.165, 1.54) is 12.8 Å². The van der Waals surface area contributed by atoms with Gasteiger partial charge in [-0.3, -0.25) is 4.79 Å². The second-order valence-electron chi connectivity index (χ2n) is 11.1. The average Bonchev–Trinajstić information content (AvgIpc) is 3.47. The van der Waals surface area contributed by atoms with E-state index in [0.717, 1.165) is 40.1 Å². The second-order valence-corrected chi connectivity index (χ2v) is 11.1.